The van der Waals surface area contributed by atoms with Crippen molar-refractivity contribution in [1.29, 1.82) is 0 Å². The van der Waals surface area contributed by atoms with Crippen LogP contribution >= 0.6 is 11.6 Å². The normalized spacial score (nSPS) is 23.5. The van der Waals surface area contributed by atoms with Crippen LogP contribution in [0.15, 0.2) is 23.1 Å². The number of rotatable bonds is 5. The monoisotopic (exact) mass is 358 g/mol. The van der Waals surface area contributed by atoms with E-state index in [1.807, 2.05) is 0 Å². The van der Waals surface area contributed by atoms with Crippen LogP contribution in [0.25, 0.3) is 0 Å². The summed E-state index contributed by atoms with van der Waals surface area (Å²) in [6, 6.07) is 4.68. The lowest BCUT2D eigenvalue weighted by Gasteiger charge is -2.31. The van der Waals surface area contributed by atoms with Crippen LogP contribution in [0.3, 0.4) is 0 Å². The molecule has 0 bridgehead atoms. The van der Waals surface area contributed by atoms with Crippen LogP contribution in [-0.2, 0) is 10.0 Å². The van der Waals surface area contributed by atoms with E-state index in [1.165, 1.54) is 16.8 Å². The number of benzene rings is 1. The highest BCUT2D eigenvalue weighted by Gasteiger charge is 2.32. The van der Waals surface area contributed by atoms with E-state index in [0.717, 1.165) is 25.7 Å². The Morgan fingerprint density at radius 3 is 2.70 bits per heavy atom. The summed E-state index contributed by atoms with van der Waals surface area (Å²) in [4.78, 5) is 0.151. The highest BCUT2D eigenvalue weighted by molar-refractivity contribution is 7.89. The summed E-state index contributed by atoms with van der Waals surface area (Å²) < 4.78 is 33.2. The van der Waals surface area contributed by atoms with E-state index in [0.29, 0.717) is 36.4 Å². The minimum absolute atomic E-state index is 0.114. The molecule has 0 amide bonds. The summed E-state index contributed by atoms with van der Waals surface area (Å²) in [7, 11) is -3.64. The van der Waals surface area contributed by atoms with E-state index in [2.05, 4.69) is 0 Å². The van der Waals surface area contributed by atoms with Crippen molar-refractivity contribution in [3.05, 3.63) is 23.2 Å². The first kappa shape index (κ1) is 17.0. The van der Waals surface area contributed by atoms with Gasteiger partial charge in [0.2, 0.25) is 10.0 Å². The second-order valence-electron chi connectivity index (χ2n) is 6.46. The van der Waals surface area contributed by atoms with Gasteiger partial charge in [-0.15, -0.1) is 0 Å². The van der Waals surface area contributed by atoms with Crippen molar-refractivity contribution in [2.75, 3.05) is 19.7 Å². The van der Waals surface area contributed by atoms with Gasteiger partial charge in [-0.25, -0.2) is 8.42 Å². The van der Waals surface area contributed by atoms with E-state index in [4.69, 9.17) is 22.1 Å². The van der Waals surface area contributed by atoms with Crippen LogP contribution in [0.4, 0.5) is 0 Å². The molecule has 3 rings (SSSR count). The van der Waals surface area contributed by atoms with Gasteiger partial charge in [-0.2, -0.15) is 4.31 Å². The summed E-state index contributed by atoms with van der Waals surface area (Å²) in [5, 5.41) is 0.390. The van der Waals surface area contributed by atoms with Gasteiger partial charge in [0, 0.05) is 24.2 Å². The number of hydrogen-bond acceptors (Lipinski definition) is 4. The fraction of sp³-hybridized carbons (Fsp3) is 0.625. The molecule has 1 unspecified atom stereocenters. The lowest BCUT2D eigenvalue weighted by atomic mass is 9.86. The molecule has 1 aromatic carbocycles. The van der Waals surface area contributed by atoms with Gasteiger partial charge in [0.1, 0.15) is 10.6 Å². The Balaban J connectivity index is 1.85. The summed E-state index contributed by atoms with van der Waals surface area (Å²) in [6.45, 7) is 1.39. The van der Waals surface area contributed by atoms with Crippen molar-refractivity contribution < 1.29 is 13.2 Å². The molecule has 1 saturated carbocycles. The maximum Gasteiger partial charge on any atom is 0.246 e. The zero-order valence-corrected chi connectivity index (χ0v) is 14.7. The summed E-state index contributed by atoms with van der Waals surface area (Å²) >= 11 is 6.03. The Kier molecular flexibility index (Phi) is 5.16. The predicted octanol–water partition coefficient (Wildman–Crippen LogP) is 2.63. The maximum absolute atomic E-state index is 13.0. The molecule has 2 fully saturated rings. The minimum Gasteiger partial charge on any atom is -0.492 e. The van der Waals surface area contributed by atoms with E-state index in [-0.39, 0.29) is 10.9 Å². The van der Waals surface area contributed by atoms with Crippen molar-refractivity contribution in [1.82, 2.24) is 4.31 Å². The fourth-order valence-corrected chi connectivity index (χ4v) is 4.93. The third-order valence-corrected chi connectivity index (χ3v) is 6.76. The minimum atomic E-state index is -3.64. The lowest BCUT2D eigenvalue weighted by molar-refractivity contribution is 0.177. The van der Waals surface area contributed by atoms with Crippen molar-refractivity contribution in [2.24, 2.45) is 11.7 Å². The Bertz CT molecular complexity index is 661. The van der Waals surface area contributed by atoms with Crippen LogP contribution in [0.5, 0.6) is 5.75 Å². The molecule has 5 nitrogen and oxygen atoms in total. The summed E-state index contributed by atoms with van der Waals surface area (Å²) in [6.07, 6.45) is 5.16. The molecule has 1 saturated heterocycles. The molecule has 0 radical (unpaired) electrons. The zero-order valence-electron chi connectivity index (χ0n) is 13.1. The molecular formula is C16H23ClN2O3S. The topological polar surface area (TPSA) is 72.6 Å². The average molecular weight is 359 g/mol. The van der Waals surface area contributed by atoms with Gasteiger partial charge >= 0.3 is 0 Å². The molecule has 0 spiro atoms. The largest absolute Gasteiger partial charge is 0.492 e. The molecule has 1 aliphatic heterocycles. The molecule has 1 aromatic rings. The SMILES string of the molecule is NC1CCCN(S(=O)(=O)c2cc(Cl)ccc2OCC2CCC2)C1. The van der Waals surface area contributed by atoms with E-state index in [1.54, 1.807) is 12.1 Å². The first-order valence-corrected chi connectivity index (χ1v) is 9.96. The molecular weight excluding hydrogens is 336 g/mol. The lowest BCUT2D eigenvalue weighted by Crippen LogP contribution is -2.45. The van der Waals surface area contributed by atoms with Gasteiger partial charge in [-0.1, -0.05) is 18.0 Å². The smallest absolute Gasteiger partial charge is 0.246 e. The zero-order chi connectivity index (χ0) is 16.4. The highest BCUT2D eigenvalue weighted by Crippen LogP contribution is 2.33. The molecule has 128 valence electrons. The Morgan fingerprint density at radius 2 is 2.04 bits per heavy atom. The maximum atomic E-state index is 13.0. The third kappa shape index (κ3) is 3.82. The second-order valence-corrected chi connectivity index (χ2v) is 8.81. The fourth-order valence-electron chi connectivity index (χ4n) is 3.00. The van der Waals surface area contributed by atoms with Crippen molar-refractivity contribution in [3.8, 4) is 5.75 Å². The predicted molar refractivity (Wildman–Crippen MR) is 90.3 cm³/mol. The standard InChI is InChI=1S/C16H23ClN2O3S/c17-13-6-7-15(22-11-12-3-1-4-12)16(9-13)23(20,21)19-8-2-5-14(18)10-19/h6-7,9,12,14H,1-5,8,10-11,18H2. The van der Waals surface area contributed by atoms with Gasteiger partial charge in [-0.05, 0) is 49.8 Å². The van der Waals surface area contributed by atoms with Crippen LogP contribution in [0.1, 0.15) is 32.1 Å². The Hall–Kier alpha value is -0.820. The number of halogens is 1. The average Bonchev–Trinajstić information content (AvgIpc) is 2.47. The molecule has 1 heterocycles. The van der Waals surface area contributed by atoms with Gasteiger partial charge in [0.15, 0.2) is 0 Å². The number of sulfonamides is 1. The second kappa shape index (κ2) is 6.97. The molecule has 23 heavy (non-hydrogen) atoms. The van der Waals surface area contributed by atoms with Crippen molar-refractivity contribution >= 4 is 21.6 Å². The quantitative estimate of drug-likeness (QED) is 0.878. The summed E-state index contributed by atoms with van der Waals surface area (Å²) in [5.41, 5.74) is 5.93. The Morgan fingerprint density at radius 1 is 1.26 bits per heavy atom. The third-order valence-electron chi connectivity index (χ3n) is 4.64. The van der Waals surface area contributed by atoms with E-state index < -0.39 is 10.0 Å². The van der Waals surface area contributed by atoms with Crippen LogP contribution in [0, 0.1) is 5.92 Å². The molecule has 7 heteroatoms. The van der Waals surface area contributed by atoms with Crippen molar-refractivity contribution in [3.63, 3.8) is 0 Å². The molecule has 0 aromatic heterocycles. The van der Waals surface area contributed by atoms with Gasteiger partial charge in [0.05, 0.1) is 6.61 Å². The first-order valence-electron chi connectivity index (χ1n) is 8.15. The molecule has 2 N–H and O–H groups in total. The van der Waals surface area contributed by atoms with E-state index in [9.17, 15) is 8.42 Å². The van der Waals surface area contributed by atoms with Crippen LogP contribution in [0.2, 0.25) is 5.02 Å². The van der Waals surface area contributed by atoms with Crippen molar-refractivity contribution in [2.45, 2.75) is 43.0 Å². The highest BCUT2D eigenvalue weighted by atomic mass is 35.5. The number of piperidine rings is 1. The Labute approximate surface area is 142 Å². The number of hydrogen-bond donors (Lipinski definition) is 1. The number of nitrogens with two attached hydrogens (primary N) is 1. The summed E-state index contributed by atoms with van der Waals surface area (Å²) in [5.74, 6) is 0.921. The van der Waals surface area contributed by atoms with Gasteiger partial charge in [0.25, 0.3) is 0 Å². The molecule has 2 aliphatic rings. The molecule has 1 aliphatic carbocycles. The van der Waals surface area contributed by atoms with E-state index >= 15 is 0 Å². The molecule has 1 atom stereocenters. The number of ether oxygens (including phenoxy) is 1. The first-order chi connectivity index (χ1) is 11.0. The number of nitrogens with zero attached hydrogens (tertiary/aromatic N) is 1. The van der Waals surface area contributed by atoms with Crippen LogP contribution < -0.4 is 10.5 Å². The van der Waals surface area contributed by atoms with Gasteiger partial charge < -0.3 is 10.5 Å². The van der Waals surface area contributed by atoms with Gasteiger partial charge in [-0.3, -0.25) is 0 Å². The van der Waals surface area contributed by atoms with Crippen LogP contribution in [-0.4, -0.2) is 38.5 Å².